The van der Waals surface area contributed by atoms with Crippen molar-refractivity contribution in [1.29, 1.82) is 0 Å². The fourth-order valence-electron chi connectivity index (χ4n) is 4.76. The van der Waals surface area contributed by atoms with Crippen molar-refractivity contribution in [2.45, 2.75) is 63.1 Å². The van der Waals surface area contributed by atoms with E-state index < -0.39 is 40.3 Å². The van der Waals surface area contributed by atoms with Crippen LogP contribution in [0.1, 0.15) is 45.1 Å². The van der Waals surface area contributed by atoms with Crippen molar-refractivity contribution in [2.75, 3.05) is 31.3 Å². The minimum absolute atomic E-state index is 0.0566. The van der Waals surface area contributed by atoms with E-state index in [1.54, 1.807) is 6.92 Å². The average Bonchev–Trinajstić information content (AvgIpc) is 3.10. The van der Waals surface area contributed by atoms with Gasteiger partial charge >= 0.3 is 0 Å². The molecule has 0 bridgehead atoms. The first-order chi connectivity index (χ1) is 16.0. The largest absolute Gasteiger partial charge is 0.482 e. The van der Waals surface area contributed by atoms with Crippen LogP contribution in [0.25, 0.3) is 11.0 Å². The van der Waals surface area contributed by atoms with E-state index in [4.69, 9.17) is 4.74 Å². The molecule has 10 nitrogen and oxygen atoms in total. The van der Waals surface area contributed by atoms with Crippen LogP contribution in [-0.4, -0.2) is 76.4 Å². The molecule has 1 aliphatic heterocycles. The van der Waals surface area contributed by atoms with Crippen molar-refractivity contribution in [3.05, 3.63) is 22.6 Å². The number of alkyl halides is 2. The number of ether oxygens (including phenoxy) is 1. The Balaban J connectivity index is 1.68. The molecule has 3 heterocycles. The van der Waals surface area contributed by atoms with Crippen LogP contribution in [0.3, 0.4) is 0 Å². The van der Waals surface area contributed by atoms with Crippen molar-refractivity contribution in [2.24, 2.45) is 0 Å². The van der Waals surface area contributed by atoms with Crippen molar-refractivity contribution >= 4 is 27.0 Å². The molecule has 13 heteroatoms. The highest BCUT2D eigenvalue weighted by atomic mass is 32.2. The van der Waals surface area contributed by atoms with E-state index in [9.17, 15) is 27.1 Å². The second-order valence-corrected chi connectivity index (χ2v) is 11.2. The Bertz CT molecular complexity index is 1210. The number of hydrogen-bond acceptors (Lipinski definition) is 8. The maximum atomic E-state index is 13.2. The summed E-state index contributed by atoms with van der Waals surface area (Å²) in [5, 5.41) is 14.5. The highest BCUT2D eigenvalue weighted by Gasteiger charge is 2.40. The van der Waals surface area contributed by atoms with Gasteiger partial charge < -0.3 is 15.2 Å². The van der Waals surface area contributed by atoms with Gasteiger partial charge in [0, 0.05) is 30.7 Å². The summed E-state index contributed by atoms with van der Waals surface area (Å²) in [4.78, 5) is 22.1. The van der Waals surface area contributed by atoms with Crippen molar-refractivity contribution in [1.82, 2.24) is 18.8 Å². The summed E-state index contributed by atoms with van der Waals surface area (Å²) >= 11 is 0. The molecule has 0 aromatic carbocycles. The summed E-state index contributed by atoms with van der Waals surface area (Å²) in [6.45, 7) is 1.48. The van der Waals surface area contributed by atoms with Gasteiger partial charge in [0.05, 0.1) is 17.9 Å². The number of fused-ring (bicyclic) bond motifs is 1. The predicted molar refractivity (Wildman–Crippen MR) is 122 cm³/mol. The number of pyridine rings is 1. The number of halogens is 2. The number of aliphatic hydroxyl groups is 1. The molecule has 1 saturated carbocycles. The molecular formula is C21H29F2N5O5S. The lowest BCUT2D eigenvalue weighted by Crippen LogP contribution is -2.42. The van der Waals surface area contributed by atoms with E-state index in [0.29, 0.717) is 50.6 Å². The molecule has 0 amide bonds. The van der Waals surface area contributed by atoms with Crippen molar-refractivity contribution in [3.63, 3.8) is 0 Å². The second-order valence-electron chi connectivity index (χ2n) is 9.20. The monoisotopic (exact) mass is 501 g/mol. The van der Waals surface area contributed by atoms with Gasteiger partial charge in [-0.2, -0.15) is 4.98 Å². The Morgan fingerprint density at radius 1 is 1.32 bits per heavy atom. The lowest BCUT2D eigenvalue weighted by atomic mass is 10.00. The molecule has 34 heavy (non-hydrogen) atoms. The third-order valence-electron chi connectivity index (χ3n) is 6.55. The average molecular weight is 502 g/mol. The first kappa shape index (κ1) is 24.7. The van der Waals surface area contributed by atoms with Crippen LogP contribution >= 0.6 is 0 Å². The number of hydrogen-bond donors (Lipinski definition) is 2. The third kappa shape index (κ3) is 5.15. The van der Waals surface area contributed by atoms with Crippen LogP contribution in [0.4, 0.5) is 14.7 Å². The van der Waals surface area contributed by atoms with Gasteiger partial charge in [0.1, 0.15) is 12.3 Å². The number of sulfonamides is 1. The maximum Gasteiger partial charge on any atom is 0.294 e. The summed E-state index contributed by atoms with van der Waals surface area (Å²) in [6, 6.07) is 0.686. The molecule has 1 saturated heterocycles. The minimum atomic E-state index is -3.24. The van der Waals surface area contributed by atoms with E-state index >= 15 is 0 Å². The molecule has 2 atom stereocenters. The maximum absolute atomic E-state index is 13.2. The molecule has 0 unspecified atom stereocenters. The molecule has 4 rings (SSSR count). The van der Waals surface area contributed by atoms with Crippen molar-refractivity contribution in [3.8, 4) is 5.75 Å². The standard InChI is InChI=1S/C21H29F2N5O5S/c1-21(30)7-3-4-16(21)28-18-13(10-15(19(28)29)33-12-17(22)23)11-24-20(26-18)25-14-5-8-27(9-6-14)34(2,31)32/h10-11,14,16-17,30H,3-9,12H2,1-2H3,(H,24,25,26)/t16-,21-/m1/s1. The smallest absolute Gasteiger partial charge is 0.294 e. The number of aromatic nitrogens is 3. The number of anilines is 1. The lowest BCUT2D eigenvalue weighted by molar-refractivity contribution is 0.0260. The van der Waals surface area contributed by atoms with Gasteiger partial charge in [-0.3, -0.25) is 9.36 Å². The second kappa shape index (κ2) is 9.34. The van der Waals surface area contributed by atoms with Crippen LogP contribution in [0.2, 0.25) is 0 Å². The van der Waals surface area contributed by atoms with Gasteiger partial charge in [0.2, 0.25) is 16.0 Å². The zero-order valence-electron chi connectivity index (χ0n) is 19.1. The topological polar surface area (TPSA) is 127 Å². The van der Waals surface area contributed by atoms with Gasteiger partial charge in [-0.1, -0.05) is 0 Å². The zero-order valence-corrected chi connectivity index (χ0v) is 19.9. The summed E-state index contributed by atoms with van der Waals surface area (Å²) in [5.41, 5.74) is -1.53. The molecule has 188 valence electrons. The molecule has 0 spiro atoms. The highest BCUT2D eigenvalue weighted by Crippen LogP contribution is 2.39. The van der Waals surface area contributed by atoms with Gasteiger partial charge in [0.15, 0.2) is 5.75 Å². The Morgan fingerprint density at radius 2 is 2.03 bits per heavy atom. The Hall–Kier alpha value is -2.38. The highest BCUT2D eigenvalue weighted by molar-refractivity contribution is 7.88. The van der Waals surface area contributed by atoms with Gasteiger partial charge in [-0.05, 0) is 45.1 Å². The van der Waals surface area contributed by atoms with Crippen molar-refractivity contribution < 1.29 is 27.0 Å². The summed E-state index contributed by atoms with van der Waals surface area (Å²) < 4.78 is 56.7. The molecular weight excluding hydrogens is 472 g/mol. The number of nitrogens with zero attached hydrogens (tertiary/aromatic N) is 4. The normalized spacial score (nSPS) is 24.7. The summed E-state index contributed by atoms with van der Waals surface area (Å²) in [6.07, 6.45) is 2.77. The van der Waals surface area contributed by atoms with E-state index in [2.05, 4.69) is 15.3 Å². The molecule has 2 aliphatic rings. The fraction of sp³-hybridized carbons (Fsp3) is 0.667. The minimum Gasteiger partial charge on any atom is -0.482 e. The van der Waals surface area contributed by atoms with Gasteiger partial charge in [-0.25, -0.2) is 26.5 Å². The van der Waals surface area contributed by atoms with Crippen LogP contribution < -0.4 is 15.6 Å². The number of piperidine rings is 1. The molecule has 2 aromatic rings. The van der Waals surface area contributed by atoms with Crippen LogP contribution in [0, 0.1) is 0 Å². The van der Waals surface area contributed by atoms with E-state index in [1.807, 2.05) is 0 Å². The van der Waals surface area contributed by atoms with E-state index in [0.717, 1.165) is 0 Å². The fourth-order valence-corrected chi connectivity index (χ4v) is 5.64. The molecule has 0 radical (unpaired) electrons. The quantitative estimate of drug-likeness (QED) is 0.588. The number of nitrogens with one attached hydrogen (secondary N) is 1. The lowest BCUT2D eigenvalue weighted by Gasteiger charge is -2.31. The Kier molecular flexibility index (Phi) is 6.80. The Morgan fingerprint density at radius 3 is 2.62 bits per heavy atom. The van der Waals surface area contributed by atoms with Gasteiger partial charge in [-0.15, -0.1) is 0 Å². The SMILES string of the molecule is C[C@@]1(O)CCC[C@H]1n1c(=O)c(OCC(F)F)cc2cnc(NC3CCN(S(C)(=O)=O)CC3)nc21. The first-order valence-corrected chi connectivity index (χ1v) is 13.1. The van der Waals surface area contributed by atoms with Crippen LogP contribution in [-0.2, 0) is 10.0 Å². The molecule has 2 aromatic heterocycles. The van der Waals surface area contributed by atoms with Crippen LogP contribution in [0.5, 0.6) is 5.75 Å². The third-order valence-corrected chi connectivity index (χ3v) is 7.85. The summed E-state index contributed by atoms with van der Waals surface area (Å²) in [5.74, 6) is 0.0188. The molecule has 2 N–H and O–H groups in total. The molecule has 2 fully saturated rings. The van der Waals surface area contributed by atoms with Gasteiger partial charge in [0.25, 0.3) is 12.0 Å². The van der Waals surface area contributed by atoms with E-state index in [1.165, 1.54) is 27.4 Å². The number of rotatable bonds is 7. The zero-order chi connectivity index (χ0) is 24.7. The summed E-state index contributed by atoms with van der Waals surface area (Å²) in [7, 11) is -3.24. The molecule has 1 aliphatic carbocycles. The predicted octanol–water partition coefficient (Wildman–Crippen LogP) is 1.75. The Labute approximate surface area is 196 Å². The van der Waals surface area contributed by atoms with E-state index in [-0.39, 0.29) is 23.4 Å². The van der Waals surface area contributed by atoms with Crippen LogP contribution in [0.15, 0.2) is 17.1 Å². The first-order valence-electron chi connectivity index (χ1n) is 11.2.